The highest BCUT2D eigenvalue weighted by Crippen LogP contribution is 2.37. The summed E-state index contributed by atoms with van der Waals surface area (Å²) >= 11 is 0. The van der Waals surface area contributed by atoms with Crippen molar-refractivity contribution in [3.63, 3.8) is 0 Å². The van der Waals surface area contributed by atoms with Gasteiger partial charge in [0.15, 0.2) is 0 Å². The number of benzene rings is 1. The van der Waals surface area contributed by atoms with Crippen molar-refractivity contribution in [1.82, 2.24) is 0 Å². The summed E-state index contributed by atoms with van der Waals surface area (Å²) in [5.74, 6) is 1.87. The zero-order valence-electron chi connectivity index (χ0n) is 11.6. The van der Waals surface area contributed by atoms with Crippen LogP contribution in [0, 0.1) is 18.8 Å². The molecule has 0 bridgehead atoms. The minimum atomic E-state index is 0.846. The summed E-state index contributed by atoms with van der Waals surface area (Å²) in [7, 11) is 0. The third-order valence-electron chi connectivity index (χ3n) is 4.08. The average molecular weight is 242 g/mol. The first-order valence-electron chi connectivity index (χ1n) is 7.28. The van der Waals surface area contributed by atoms with Crippen LogP contribution in [-0.2, 0) is 0 Å². The average Bonchev–Trinajstić information content (AvgIpc) is 2.49. The van der Waals surface area contributed by atoms with Crippen LogP contribution in [-0.4, -0.2) is 0 Å². The van der Waals surface area contributed by atoms with Crippen LogP contribution in [0.2, 0.25) is 0 Å². The Labute approximate surface area is 113 Å². The maximum atomic E-state index is 4.00. The molecule has 1 aromatic carbocycles. The number of rotatable bonds is 4. The van der Waals surface area contributed by atoms with Gasteiger partial charge < -0.3 is 0 Å². The third-order valence-corrected chi connectivity index (χ3v) is 4.08. The van der Waals surface area contributed by atoms with Crippen LogP contribution in [0.5, 0.6) is 0 Å². The second-order valence-corrected chi connectivity index (χ2v) is 5.27. The molecule has 0 radical (unpaired) electrons. The van der Waals surface area contributed by atoms with Crippen molar-refractivity contribution >= 4 is 0 Å². The molecule has 1 fully saturated rings. The molecule has 1 aromatic rings. The van der Waals surface area contributed by atoms with Crippen molar-refractivity contribution in [3.05, 3.63) is 35.9 Å². The Balaban J connectivity index is 0.000000771. The highest BCUT2D eigenvalue weighted by Gasteiger charge is 2.21. The lowest BCUT2D eigenvalue weighted by Gasteiger charge is -2.28. The van der Waals surface area contributed by atoms with Crippen molar-refractivity contribution in [3.8, 4) is 12.8 Å². The Kier molecular flexibility index (Phi) is 7.26. The first-order valence-corrected chi connectivity index (χ1v) is 7.28. The summed E-state index contributed by atoms with van der Waals surface area (Å²) < 4.78 is 0. The van der Waals surface area contributed by atoms with Crippen molar-refractivity contribution in [2.75, 3.05) is 0 Å². The van der Waals surface area contributed by atoms with Crippen LogP contribution in [0.3, 0.4) is 0 Å². The van der Waals surface area contributed by atoms with Crippen LogP contribution in [0.15, 0.2) is 30.3 Å². The Morgan fingerprint density at radius 1 is 1.00 bits per heavy atom. The number of hydrogen-bond donors (Lipinski definition) is 0. The van der Waals surface area contributed by atoms with E-state index in [2.05, 4.69) is 50.1 Å². The van der Waals surface area contributed by atoms with E-state index in [4.69, 9.17) is 0 Å². The summed E-state index contributed by atoms with van der Waals surface area (Å²) in [6.07, 6.45) is 18.0. The molecule has 0 spiro atoms. The highest BCUT2D eigenvalue weighted by atomic mass is 14.3. The van der Waals surface area contributed by atoms with Crippen molar-refractivity contribution < 1.29 is 0 Å². The fraction of sp³-hybridized carbons (Fsp3) is 0.556. The van der Waals surface area contributed by atoms with Crippen molar-refractivity contribution in [2.45, 2.75) is 57.8 Å². The lowest BCUT2D eigenvalue weighted by Crippen LogP contribution is -2.13. The Morgan fingerprint density at radius 3 is 2.17 bits per heavy atom. The van der Waals surface area contributed by atoms with E-state index >= 15 is 0 Å². The first kappa shape index (κ1) is 14.8. The van der Waals surface area contributed by atoms with Gasteiger partial charge >= 0.3 is 0 Å². The molecule has 0 heterocycles. The lowest BCUT2D eigenvalue weighted by molar-refractivity contribution is 0.304. The van der Waals surface area contributed by atoms with E-state index in [-0.39, 0.29) is 0 Å². The Hall–Kier alpha value is -1.22. The number of terminal acetylenes is 1. The van der Waals surface area contributed by atoms with E-state index in [1.54, 1.807) is 5.56 Å². The van der Waals surface area contributed by atoms with Gasteiger partial charge in [-0.3, -0.25) is 0 Å². The summed E-state index contributed by atoms with van der Waals surface area (Å²) in [4.78, 5) is 0. The van der Waals surface area contributed by atoms with Gasteiger partial charge in [0, 0.05) is 0 Å². The second kappa shape index (κ2) is 8.81. The zero-order chi connectivity index (χ0) is 13.2. The van der Waals surface area contributed by atoms with E-state index < -0.39 is 0 Å². The van der Waals surface area contributed by atoms with Crippen LogP contribution in [0.1, 0.15) is 63.4 Å². The summed E-state index contributed by atoms with van der Waals surface area (Å²) in [6.45, 7) is 2.30. The first-order chi connectivity index (χ1) is 8.90. The minimum Gasteiger partial charge on any atom is -0.124 e. The molecule has 1 saturated carbocycles. The van der Waals surface area contributed by atoms with Crippen LogP contribution >= 0.6 is 0 Å². The van der Waals surface area contributed by atoms with E-state index in [9.17, 15) is 0 Å². The number of hydrogen-bond acceptors (Lipinski definition) is 0. The molecular formula is C18H26. The van der Waals surface area contributed by atoms with Gasteiger partial charge in [-0.25, -0.2) is 0 Å². The van der Waals surface area contributed by atoms with Crippen LogP contribution < -0.4 is 0 Å². The second-order valence-electron chi connectivity index (χ2n) is 5.27. The standard InChI is InChI=1S/C16H24.C2H2/c1-2-3-7-14-10-12-16(13-11-14)15-8-5-4-6-9-15;1-2/h4-6,8-9,14,16H,2-3,7,10-13H2,1H3;1-2H. The Bertz CT molecular complexity index is 314. The van der Waals surface area contributed by atoms with E-state index in [0.29, 0.717) is 0 Å². The van der Waals surface area contributed by atoms with Gasteiger partial charge in [-0.1, -0.05) is 56.5 Å². The molecule has 1 aliphatic rings. The summed E-state index contributed by atoms with van der Waals surface area (Å²) in [5, 5.41) is 0. The van der Waals surface area contributed by atoms with E-state index in [1.165, 1.54) is 44.9 Å². The monoisotopic (exact) mass is 242 g/mol. The molecule has 0 aromatic heterocycles. The maximum Gasteiger partial charge on any atom is -0.0162 e. The predicted octanol–water partition coefficient (Wildman–Crippen LogP) is 5.40. The molecule has 98 valence electrons. The molecule has 18 heavy (non-hydrogen) atoms. The van der Waals surface area contributed by atoms with Gasteiger partial charge in [0.05, 0.1) is 0 Å². The van der Waals surface area contributed by atoms with E-state index in [1.807, 2.05) is 0 Å². The highest BCUT2D eigenvalue weighted by molar-refractivity contribution is 5.19. The fourth-order valence-electron chi connectivity index (χ4n) is 3.00. The van der Waals surface area contributed by atoms with Gasteiger partial charge in [-0.2, -0.15) is 0 Å². The molecule has 0 nitrogen and oxygen atoms in total. The van der Waals surface area contributed by atoms with Gasteiger partial charge in [-0.15, -0.1) is 12.8 Å². The van der Waals surface area contributed by atoms with Crippen molar-refractivity contribution in [2.24, 2.45) is 5.92 Å². The SMILES string of the molecule is C#C.CCCCC1CCC(c2ccccc2)CC1. The fourth-order valence-corrected chi connectivity index (χ4v) is 3.00. The normalized spacial score (nSPS) is 22.8. The predicted molar refractivity (Wildman–Crippen MR) is 80.6 cm³/mol. The molecule has 0 N–H and O–H groups in total. The topological polar surface area (TPSA) is 0 Å². The third kappa shape index (κ3) is 4.57. The molecule has 0 atom stereocenters. The van der Waals surface area contributed by atoms with Gasteiger partial charge in [0.1, 0.15) is 0 Å². The van der Waals surface area contributed by atoms with Crippen LogP contribution in [0.25, 0.3) is 0 Å². The Morgan fingerprint density at radius 2 is 1.61 bits per heavy atom. The maximum absolute atomic E-state index is 4.00. The van der Waals surface area contributed by atoms with Crippen molar-refractivity contribution in [1.29, 1.82) is 0 Å². The summed E-state index contributed by atoms with van der Waals surface area (Å²) in [6, 6.07) is 11.1. The lowest BCUT2D eigenvalue weighted by atomic mass is 9.77. The van der Waals surface area contributed by atoms with Gasteiger partial charge in [0.25, 0.3) is 0 Å². The quantitative estimate of drug-likeness (QED) is 0.620. The van der Waals surface area contributed by atoms with Crippen LogP contribution in [0.4, 0.5) is 0 Å². The van der Waals surface area contributed by atoms with Gasteiger partial charge in [0.2, 0.25) is 0 Å². The molecule has 0 unspecified atom stereocenters. The molecule has 2 rings (SSSR count). The molecule has 1 aliphatic carbocycles. The molecule has 0 heteroatoms. The summed E-state index contributed by atoms with van der Waals surface area (Å²) in [5.41, 5.74) is 1.57. The molecule has 0 amide bonds. The van der Waals surface area contributed by atoms with E-state index in [0.717, 1.165) is 11.8 Å². The smallest absolute Gasteiger partial charge is 0.0162 e. The molecule has 0 aliphatic heterocycles. The van der Waals surface area contributed by atoms with Gasteiger partial charge in [-0.05, 0) is 43.1 Å². The molecule has 0 saturated heterocycles. The minimum absolute atomic E-state index is 0.846. The zero-order valence-corrected chi connectivity index (χ0v) is 11.6. The largest absolute Gasteiger partial charge is 0.124 e. The number of unbranched alkanes of at least 4 members (excludes halogenated alkanes) is 1. The molecular weight excluding hydrogens is 216 g/mol.